The fraction of sp³-hybridized carbons (Fsp3) is 0.222. The highest BCUT2D eigenvalue weighted by atomic mass is 16.4. The molecule has 0 saturated carbocycles. The largest absolute Gasteiger partial charge is 0.465 e. The van der Waals surface area contributed by atoms with E-state index in [9.17, 15) is 14.7 Å². The van der Waals surface area contributed by atoms with Crippen LogP contribution in [-0.4, -0.2) is 34.6 Å². The van der Waals surface area contributed by atoms with Gasteiger partial charge in [0.1, 0.15) is 6.04 Å². The summed E-state index contributed by atoms with van der Waals surface area (Å²) in [6, 6.07) is 15.3. The minimum Gasteiger partial charge on any atom is -0.465 e. The maximum absolute atomic E-state index is 11.4. The van der Waals surface area contributed by atoms with Gasteiger partial charge >= 0.3 is 6.09 Å². The molecule has 0 bridgehead atoms. The lowest BCUT2D eigenvalue weighted by molar-refractivity contribution is -0.132. The van der Waals surface area contributed by atoms with Gasteiger partial charge in [-0.25, -0.2) is 4.79 Å². The number of carbonyl (C=O) groups excluding carboxylic acids is 1. The average Bonchev–Trinajstić information content (AvgIpc) is 2.54. The van der Waals surface area contributed by atoms with Crippen LogP contribution in [-0.2, 0) is 11.3 Å². The Morgan fingerprint density at radius 2 is 1.91 bits per heavy atom. The first-order valence-electron chi connectivity index (χ1n) is 7.48. The second-order valence-electron chi connectivity index (χ2n) is 5.68. The molecule has 0 radical (unpaired) electrons. The van der Waals surface area contributed by atoms with Gasteiger partial charge < -0.3 is 10.4 Å². The monoisotopic (exact) mass is 310 g/mol. The number of rotatable bonds is 4. The van der Waals surface area contributed by atoms with Gasteiger partial charge in [0.25, 0.3) is 0 Å². The van der Waals surface area contributed by atoms with Gasteiger partial charge in [-0.15, -0.1) is 0 Å². The van der Waals surface area contributed by atoms with E-state index >= 15 is 0 Å². The third-order valence-corrected chi connectivity index (χ3v) is 4.16. The SMILES string of the molecule is Cc1ccccc1-c1ccc(CN(C(=O)O)[C@H]2CNC2=O)cc1. The zero-order valence-electron chi connectivity index (χ0n) is 12.8. The van der Waals surface area contributed by atoms with Crippen LogP contribution in [0.5, 0.6) is 0 Å². The Morgan fingerprint density at radius 3 is 2.43 bits per heavy atom. The van der Waals surface area contributed by atoms with E-state index in [0.29, 0.717) is 6.54 Å². The molecule has 5 nitrogen and oxygen atoms in total. The lowest BCUT2D eigenvalue weighted by Gasteiger charge is -2.34. The second-order valence-corrected chi connectivity index (χ2v) is 5.68. The van der Waals surface area contributed by atoms with Gasteiger partial charge in [0, 0.05) is 13.1 Å². The summed E-state index contributed by atoms with van der Waals surface area (Å²) in [7, 11) is 0. The van der Waals surface area contributed by atoms with Crippen LogP contribution in [0.3, 0.4) is 0 Å². The molecule has 1 atom stereocenters. The standard InChI is InChI=1S/C18H18N2O3/c1-12-4-2-3-5-15(12)14-8-6-13(7-9-14)11-20(18(22)23)16-10-19-17(16)21/h2-9,16H,10-11H2,1H3,(H,19,21)(H,22,23)/t16-/m0/s1. The molecule has 1 heterocycles. The van der Waals surface area contributed by atoms with Gasteiger partial charge in [-0.2, -0.15) is 0 Å². The van der Waals surface area contributed by atoms with E-state index in [4.69, 9.17) is 0 Å². The number of benzene rings is 2. The number of carboxylic acid groups (broad SMARTS) is 1. The molecule has 2 aromatic carbocycles. The minimum absolute atomic E-state index is 0.210. The van der Waals surface area contributed by atoms with E-state index in [-0.39, 0.29) is 12.5 Å². The molecule has 2 N–H and O–H groups in total. The lowest BCUT2D eigenvalue weighted by atomic mass is 9.99. The Balaban J connectivity index is 1.78. The molecular formula is C18H18N2O3. The molecule has 1 aliphatic heterocycles. The first-order valence-corrected chi connectivity index (χ1v) is 7.48. The third-order valence-electron chi connectivity index (χ3n) is 4.16. The van der Waals surface area contributed by atoms with Crippen LogP contribution < -0.4 is 5.32 Å². The van der Waals surface area contributed by atoms with Crippen LogP contribution in [0.4, 0.5) is 4.79 Å². The summed E-state index contributed by atoms with van der Waals surface area (Å²) in [5.41, 5.74) is 4.31. The molecule has 1 aliphatic rings. The van der Waals surface area contributed by atoms with Crippen molar-refractivity contribution in [3.63, 3.8) is 0 Å². The molecule has 0 spiro atoms. The van der Waals surface area contributed by atoms with E-state index in [1.807, 2.05) is 36.4 Å². The highest BCUT2D eigenvalue weighted by Gasteiger charge is 2.36. The van der Waals surface area contributed by atoms with E-state index in [2.05, 4.69) is 24.4 Å². The van der Waals surface area contributed by atoms with Crippen molar-refractivity contribution in [2.75, 3.05) is 6.54 Å². The van der Waals surface area contributed by atoms with Crippen molar-refractivity contribution in [3.8, 4) is 11.1 Å². The second kappa shape index (κ2) is 6.12. The number of nitrogens with one attached hydrogen (secondary N) is 1. The van der Waals surface area contributed by atoms with E-state index < -0.39 is 12.1 Å². The molecule has 1 saturated heterocycles. The maximum atomic E-state index is 11.4. The Kier molecular flexibility index (Phi) is 4.02. The smallest absolute Gasteiger partial charge is 0.408 e. The van der Waals surface area contributed by atoms with Crippen LogP contribution in [0.25, 0.3) is 11.1 Å². The van der Waals surface area contributed by atoms with Gasteiger partial charge in [0.2, 0.25) is 5.91 Å². The average molecular weight is 310 g/mol. The molecule has 5 heteroatoms. The first-order chi connectivity index (χ1) is 11.1. The highest BCUT2D eigenvalue weighted by Crippen LogP contribution is 2.24. The van der Waals surface area contributed by atoms with Crippen LogP contribution in [0.15, 0.2) is 48.5 Å². The number of nitrogens with zero attached hydrogens (tertiary/aromatic N) is 1. The van der Waals surface area contributed by atoms with Gasteiger partial charge in [-0.1, -0.05) is 48.5 Å². The summed E-state index contributed by atoms with van der Waals surface area (Å²) in [6.07, 6.45) is -1.08. The summed E-state index contributed by atoms with van der Waals surface area (Å²) in [4.78, 5) is 24.0. The summed E-state index contributed by atoms with van der Waals surface area (Å²) < 4.78 is 0. The summed E-state index contributed by atoms with van der Waals surface area (Å²) >= 11 is 0. The highest BCUT2D eigenvalue weighted by molar-refractivity contribution is 5.90. The van der Waals surface area contributed by atoms with Crippen LogP contribution in [0.1, 0.15) is 11.1 Å². The number of aryl methyl sites for hydroxylation is 1. The zero-order valence-corrected chi connectivity index (χ0v) is 12.8. The molecule has 0 aromatic heterocycles. The topological polar surface area (TPSA) is 69.6 Å². The van der Waals surface area contributed by atoms with Gasteiger partial charge in [-0.3, -0.25) is 9.69 Å². The van der Waals surface area contributed by atoms with Crippen molar-refractivity contribution in [2.24, 2.45) is 0 Å². The quantitative estimate of drug-likeness (QED) is 0.853. The van der Waals surface area contributed by atoms with Crippen molar-refractivity contribution in [3.05, 3.63) is 59.7 Å². The van der Waals surface area contributed by atoms with Crippen molar-refractivity contribution in [2.45, 2.75) is 19.5 Å². The molecule has 23 heavy (non-hydrogen) atoms. The van der Waals surface area contributed by atoms with Crippen molar-refractivity contribution < 1.29 is 14.7 Å². The van der Waals surface area contributed by atoms with Crippen LogP contribution >= 0.6 is 0 Å². The van der Waals surface area contributed by atoms with Crippen molar-refractivity contribution >= 4 is 12.0 Å². The van der Waals surface area contributed by atoms with Crippen LogP contribution in [0, 0.1) is 6.92 Å². The van der Waals surface area contributed by atoms with Gasteiger partial charge in [0.05, 0.1) is 0 Å². The Hall–Kier alpha value is -2.82. The summed E-state index contributed by atoms with van der Waals surface area (Å²) in [5.74, 6) is -0.232. The molecule has 1 fully saturated rings. The fourth-order valence-corrected chi connectivity index (χ4v) is 2.72. The Morgan fingerprint density at radius 1 is 1.22 bits per heavy atom. The fourth-order valence-electron chi connectivity index (χ4n) is 2.72. The predicted octanol–water partition coefficient (Wildman–Crippen LogP) is 2.64. The van der Waals surface area contributed by atoms with E-state index in [1.165, 1.54) is 10.5 Å². The normalized spacial score (nSPS) is 16.4. The minimum atomic E-state index is -1.08. The number of β-lactam (4-membered cyclic amide) rings is 1. The molecule has 118 valence electrons. The maximum Gasteiger partial charge on any atom is 0.408 e. The van der Waals surface area contributed by atoms with E-state index in [0.717, 1.165) is 16.7 Å². The molecule has 3 rings (SSSR count). The molecule has 0 aliphatic carbocycles. The molecule has 2 aromatic rings. The van der Waals surface area contributed by atoms with Gasteiger partial charge in [0.15, 0.2) is 0 Å². The summed E-state index contributed by atoms with van der Waals surface area (Å²) in [6.45, 7) is 2.65. The number of carbonyl (C=O) groups is 2. The van der Waals surface area contributed by atoms with E-state index in [1.54, 1.807) is 0 Å². The van der Waals surface area contributed by atoms with Crippen molar-refractivity contribution in [1.29, 1.82) is 0 Å². The molecular weight excluding hydrogens is 292 g/mol. The molecule has 0 unspecified atom stereocenters. The zero-order chi connectivity index (χ0) is 16.4. The summed E-state index contributed by atoms with van der Waals surface area (Å²) in [5, 5.41) is 11.9. The van der Waals surface area contributed by atoms with Crippen molar-refractivity contribution in [1.82, 2.24) is 10.2 Å². The first kappa shape index (κ1) is 15.1. The van der Waals surface area contributed by atoms with Crippen LogP contribution in [0.2, 0.25) is 0 Å². The Bertz CT molecular complexity index is 740. The lowest BCUT2D eigenvalue weighted by Crippen LogP contribution is -2.62. The number of hydrogen-bond acceptors (Lipinski definition) is 2. The third kappa shape index (κ3) is 3.04. The Labute approximate surface area is 134 Å². The number of amides is 2. The predicted molar refractivity (Wildman–Crippen MR) is 87.0 cm³/mol. The number of hydrogen-bond donors (Lipinski definition) is 2. The van der Waals surface area contributed by atoms with Gasteiger partial charge in [-0.05, 0) is 29.2 Å². The molecule has 2 amide bonds.